The predicted molar refractivity (Wildman–Crippen MR) is 83.5 cm³/mol. The van der Waals surface area contributed by atoms with Crippen molar-refractivity contribution in [2.24, 2.45) is 5.73 Å². The van der Waals surface area contributed by atoms with Crippen molar-refractivity contribution in [3.8, 4) is 17.0 Å². The molecule has 1 aromatic carbocycles. The minimum Gasteiger partial charge on any atom is -0.496 e. The summed E-state index contributed by atoms with van der Waals surface area (Å²) in [4.78, 5) is 9.25. The van der Waals surface area contributed by atoms with Crippen LogP contribution in [0.15, 0.2) is 30.5 Å². The Balaban J connectivity index is 2.05. The van der Waals surface area contributed by atoms with Gasteiger partial charge in [0.1, 0.15) is 17.3 Å². The number of anilines is 1. The Morgan fingerprint density at radius 1 is 1.33 bits per heavy atom. The topological polar surface area (TPSA) is 73.1 Å². The molecule has 5 heteroatoms. The number of rotatable bonds is 6. The molecule has 1 aliphatic carbocycles. The number of para-hydroxylation sites is 1. The van der Waals surface area contributed by atoms with Crippen LogP contribution in [0.2, 0.25) is 0 Å². The third kappa shape index (κ3) is 2.97. The van der Waals surface area contributed by atoms with E-state index in [0.29, 0.717) is 19.0 Å². The first-order valence-corrected chi connectivity index (χ1v) is 7.27. The Hall–Kier alpha value is -2.14. The first-order chi connectivity index (χ1) is 10.3. The molecule has 0 bridgehead atoms. The van der Waals surface area contributed by atoms with Crippen molar-refractivity contribution in [1.29, 1.82) is 0 Å². The van der Waals surface area contributed by atoms with Crippen molar-refractivity contribution < 1.29 is 4.74 Å². The molecule has 0 saturated heterocycles. The lowest BCUT2D eigenvalue weighted by Gasteiger charge is -2.14. The van der Waals surface area contributed by atoms with Gasteiger partial charge in [-0.2, -0.15) is 0 Å². The van der Waals surface area contributed by atoms with Crippen LogP contribution in [0.3, 0.4) is 0 Å². The summed E-state index contributed by atoms with van der Waals surface area (Å²) in [7, 11) is 1.68. The van der Waals surface area contributed by atoms with E-state index in [0.717, 1.165) is 28.5 Å². The van der Waals surface area contributed by atoms with Crippen LogP contribution >= 0.6 is 0 Å². The van der Waals surface area contributed by atoms with Gasteiger partial charge in [0.25, 0.3) is 0 Å². The van der Waals surface area contributed by atoms with Crippen molar-refractivity contribution in [2.75, 3.05) is 25.5 Å². The third-order valence-electron chi connectivity index (χ3n) is 3.57. The SMILES string of the molecule is COc1ccccc1-c1nc(C2CC2)ncc1NCCN. The van der Waals surface area contributed by atoms with E-state index in [2.05, 4.69) is 10.3 Å². The minimum atomic E-state index is 0.516. The molecule has 1 fully saturated rings. The fourth-order valence-corrected chi connectivity index (χ4v) is 2.32. The van der Waals surface area contributed by atoms with E-state index < -0.39 is 0 Å². The summed E-state index contributed by atoms with van der Waals surface area (Å²) in [6.45, 7) is 1.25. The summed E-state index contributed by atoms with van der Waals surface area (Å²) >= 11 is 0. The molecule has 1 heterocycles. The van der Waals surface area contributed by atoms with Crippen molar-refractivity contribution in [3.63, 3.8) is 0 Å². The summed E-state index contributed by atoms with van der Waals surface area (Å²) < 4.78 is 5.46. The standard InChI is InChI=1S/C16H20N4O/c1-21-14-5-3-2-4-12(14)15-13(18-9-8-17)10-19-16(20-15)11-6-7-11/h2-5,10-11,18H,6-9,17H2,1H3. The number of nitrogens with zero attached hydrogens (tertiary/aromatic N) is 2. The van der Waals surface area contributed by atoms with Crippen LogP contribution in [0.25, 0.3) is 11.3 Å². The molecule has 0 aliphatic heterocycles. The molecule has 0 amide bonds. The largest absolute Gasteiger partial charge is 0.496 e. The molecule has 1 aliphatic rings. The molecule has 0 atom stereocenters. The summed E-state index contributed by atoms with van der Waals surface area (Å²) in [5.74, 6) is 2.25. The van der Waals surface area contributed by atoms with Crippen molar-refractivity contribution in [3.05, 3.63) is 36.3 Å². The van der Waals surface area contributed by atoms with Crippen molar-refractivity contribution in [1.82, 2.24) is 9.97 Å². The van der Waals surface area contributed by atoms with Gasteiger partial charge in [0.05, 0.1) is 19.0 Å². The number of hydrogen-bond acceptors (Lipinski definition) is 5. The van der Waals surface area contributed by atoms with Gasteiger partial charge in [-0.1, -0.05) is 12.1 Å². The molecule has 3 rings (SSSR count). The average molecular weight is 284 g/mol. The molecule has 21 heavy (non-hydrogen) atoms. The van der Waals surface area contributed by atoms with E-state index >= 15 is 0 Å². The van der Waals surface area contributed by atoms with E-state index in [1.54, 1.807) is 7.11 Å². The van der Waals surface area contributed by atoms with Crippen LogP contribution in [-0.2, 0) is 0 Å². The molecule has 0 radical (unpaired) electrons. The number of aromatic nitrogens is 2. The zero-order valence-corrected chi connectivity index (χ0v) is 12.2. The third-order valence-corrected chi connectivity index (χ3v) is 3.57. The maximum absolute atomic E-state index is 5.58. The fourth-order valence-electron chi connectivity index (χ4n) is 2.32. The van der Waals surface area contributed by atoms with Gasteiger partial charge in [0.15, 0.2) is 0 Å². The van der Waals surface area contributed by atoms with Crippen LogP contribution in [0.4, 0.5) is 5.69 Å². The van der Waals surface area contributed by atoms with Gasteiger partial charge < -0.3 is 15.8 Å². The molecule has 1 saturated carbocycles. The highest BCUT2D eigenvalue weighted by Crippen LogP contribution is 2.40. The number of methoxy groups -OCH3 is 1. The maximum Gasteiger partial charge on any atom is 0.132 e. The minimum absolute atomic E-state index is 0.516. The lowest BCUT2D eigenvalue weighted by Crippen LogP contribution is -2.14. The Labute approximate surface area is 124 Å². The van der Waals surface area contributed by atoms with Gasteiger partial charge in [-0.3, -0.25) is 0 Å². The number of ether oxygens (including phenoxy) is 1. The molecule has 0 spiro atoms. The normalized spacial score (nSPS) is 14.0. The zero-order valence-electron chi connectivity index (χ0n) is 12.2. The van der Waals surface area contributed by atoms with Gasteiger partial charge in [0.2, 0.25) is 0 Å². The van der Waals surface area contributed by atoms with Crippen LogP contribution in [0.5, 0.6) is 5.75 Å². The monoisotopic (exact) mass is 284 g/mol. The molecule has 3 N–H and O–H groups in total. The van der Waals surface area contributed by atoms with Gasteiger partial charge in [-0.25, -0.2) is 9.97 Å². The Bertz CT molecular complexity index is 625. The van der Waals surface area contributed by atoms with E-state index in [9.17, 15) is 0 Å². The van der Waals surface area contributed by atoms with Crippen molar-refractivity contribution >= 4 is 5.69 Å². The van der Waals surface area contributed by atoms with E-state index in [1.807, 2.05) is 30.5 Å². The van der Waals surface area contributed by atoms with E-state index in [-0.39, 0.29) is 0 Å². The second-order valence-corrected chi connectivity index (χ2v) is 5.18. The Morgan fingerprint density at radius 3 is 2.86 bits per heavy atom. The quantitative estimate of drug-likeness (QED) is 0.852. The highest BCUT2D eigenvalue weighted by Gasteiger charge is 2.27. The second-order valence-electron chi connectivity index (χ2n) is 5.18. The number of nitrogens with two attached hydrogens (primary N) is 1. The number of benzene rings is 1. The molecule has 2 aromatic rings. The first-order valence-electron chi connectivity index (χ1n) is 7.27. The molecular formula is C16H20N4O. The highest BCUT2D eigenvalue weighted by atomic mass is 16.5. The van der Waals surface area contributed by atoms with E-state index in [1.165, 1.54) is 12.8 Å². The van der Waals surface area contributed by atoms with Gasteiger partial charge in [-0.15, -0.1) is 0 Å². The molecule has 110 valence electrons. The van der Waals surface area contributed by atoms with Crippen LogP contribution in [0.1, 0.15) is 24.6 Å². The lowest BCUT2D eigenvalue weighted by atomic mass is 10.1. The molecule has 1 aromatic heterocycles. The maximum atomic E-state index is 5.58. The lowest BCUT2D eigenvalue weighted by molar-refractivity contribution is 0.416. The van der Waals surface area contributed by atoms with Crippen LogP contribution < -0.4 is 15.8 Å². The van der Waals surface area contributed by atoms with Crippen molar-refractivity contribution in [2.45, 2.75) is 18.8 Å². The summed E-state index contributed by atoms with van der Waals surface area (Å²) in [6, 6.07) is 7.91. The van der Waals surface area contributed by atoms with Gasteiger partial charge >= 0.3 is 0 Å². The first kappa shape index (κ1) is 13.8. The Morgan fingerprint density at radius 2 is 2.14 bits per heavy atom. The summed E-state index contributed by atoms with van der Waals surface area (Å²) in [6.07, 6.45) is 4.22. The number of hydrogen-bond donors (Lipinski definition) is 2. The highest BCUT2D eigenvalue weighted by molar-refractivity contribution is 5.78. The zero-order chi connectivity index (χ0) is 14.7. The van der Waals surface area contributed by atoms with Crippen LogP contribution in [0, 0.1) is 0 Å². The smallest absolute Gasteiger partial charge is 0.132 e. The van der Waals surface area contributed by atoms with Gasteiger partial charge in [-0.05, 0) is 25.0 Å². The predicted octanol–water partition coefficient (Wildman–Crippen LogP) is 2.40. The molecule has 5 nitrogen and oxygen atoms in total. The van der Waals surface area contributed by atoms with E-state index in [4.69, 9.17) is 15.5 Å². The molecule has 0 unspecified atom stereocenters. The summed E-state index contributed by atoms with van der Waals surface area (Å²) in [5.41, 5.74) is 8.34. The summed E-state index contributed by atoms with van der Waals surface area (Å²) in [5, 5.41) is 3.29. The van der Waals surface area contributed by atoms with Crippen LogP contribution in [-0.4, -0.2) is 30.2 Å². The Kier molecular flexibility index (Phi) is 4.01. The fraction of sp³-hybridized carbons (Fsp3) is 0.375. The second kappa shape index (κ2) is 6.10. The number of nitrogens with one attached hydrogen (secondary N) is 1. The average Bonchev–Trinajstić information content (AvgIpc) is 3.37. The van der Waals surface area contributed by atoms with Gasteiger partial charge in [0, 0.05) is 24.6 Å². The molecular weight excluding hydrogens is 264 g/mol.